The molecule has 1 amide bonds. The topological polar surface area (TPSA) is 66.5 Å². The van der Waals surface area contributed by atoms with Crippen molar-refractivity contribution in [3.05, 3.63) is 87.9 Å². The van der Waals surface area contributed by atoms with Gasteiger partial charge in [0.2, 0.25) is 0 Å². The first kappa shape index (κ1) is 25.8. The van der Waals surface area contributed by atoms with E-state index in [1.165, 1.54) is 42.5 Å². The van der Waals surface area contributed by atoms with Crippen molar-refractivity contribution < 1.29 is 39.6 Å². The van der Waals surface area contributed by atoms with Gasteiger partial charge in [0.05, 0.1) is 21.7 Å². The lowest BCUT2D eigenvalue weighted by atomic mass is 10.1. The van der Waals surface area contributed by atoms with E-state index in [0.29, 0.717) is 28.4 Å². The molecule has 0 radical (unpaired) electrons. The Morgan fingerprint density at radius 1 is 0.861 bits per heavy atom. The Labute approximate surface area is 206 Å². The number of hydrogen-bond acceptors (Lipinski definition) is 3. The molecule has 1 heterocycles. The summed E-state index contributed by atoms with van der Waals surface area (Å²) < 4.78 is 106. The van der Waals surface area contributed by atoms with Gasteiger partial charge in [-0.05, 0) is 72.6 Å². The molecular formula is C23H15ClF6N2O3S. The van der Waals surface area contributed by atoms with Crippen molar-refractivity contribution in [1.82, 2.24) is 0 Å². The predicted molar refractivity (Wildman–Crippen MR) is 121 cm³/mol. The highest BCUT2D eigenvalue weighted by molar-refractivity contribution is 7.92. The van der Waals surface area contributed by atoms with Crippen LogP contribution in [-0.2, 0) is 28.8 Å². The molecule has 0 atom stereocenters. The number of hydrogen-bond donors (Lipinski definition) is 1. The first-order valence-electron chi connectivity index (χ1n) is 10.2. The van der Waals surface area contributed by atoms with E-state index in [4.69, 9.17) is 11.6 Å². The van der Waals surface area contributed by atoms with E-state index in [1.807, 2.05) is 0 Å². The largest absolute Gasteiger partial charge is 0.416 e. The summed E-state index contributed by atoms with van der Waals surface area (Å²) in [5.41, 5.74) is -3.10. The highest BCUT2D eigenvalue weighted by Crippen LogP contribution is 2.38. The smallest absolute Gasteiger partial charge is 0.322 e. The molecule has 0 aliphatic carbocycles. The van der Waals surface area contributed by atoms with Gasteiger partial charge in [-0.2, -0.15) is 26.3 Å². The number of sulfonamides is 1. The lowest BCUT2D eigenvalue weighted by Crippen LogP contribution is -2.29. The van der Waals surface area contributed by atoms with E-state index in [2.05, 4.69) is 5.32 Å². The Bertz CT molecular complexity index is 1410. The molecule has 0 unspecified atom stereocenters. The van der Waals surface area contributed by atoms with Gasteiger partial charge in [0.1, 0.15) is 0 Å². The molecule has 1 N–H and O–H groups in total. The van der Waals surface area contributed by atoms with E-state index < -0.39 is 45.1 Å². The number of alkyl halides is 6. The minimum atomic E-state index is -5.06. The summed E-state index contributed by atoms with van der Waals surface area (Å²) in [6.45, 7) is 0.0773. The van der Waals surface area contributed by atoms with E-state index in [0.717, 1.165) is 4.31 Å². The summed E-state index contributed by atoms with van der Waals surface area (Å²) in [7, 11) is -3.93. The van der Waals surface area contributed by atoms with Crippen LogP contribution in [0.3, 0.4) is 0 Å². The number of nitrogens with one attached hydrogen (secondary N) is 1. The number of halogens is 7. The van der Waals surface area contributed by atoms with Crippen LogP contribution in [0.2, 0.25) is 5.02 Å². The Morgan fingerprint density at radius 2 is 1.44 bits per heavy atom. The van der Waals surface area contributed by atoms with Gasteiger partial charge >= 0.3 is 12.4 Å². The zero-order chi connectivity index (χ0) is 26.5. The average molecular weight is 549 g/mol. The fourth-order valence-electron chi connectivity index (χ4n) is 3.73. The summed E-state index contributed by atoms with van der Waals surface area (Å²) in [5.74, 6) is -0.954. The molecule has 0 saturated carbocycles. The molecule has 0 bridgehead atoms. The maximum absolute atomic E-state index is 13.1. The van der Waals surface area contributed by atoms with Gasteiger partial charge in [-0.15, -0.1) is 0 Å². The Balaban J connectivity index is 1.61. The van der Waals surface area contributed by atoms with Crippen LogP contribution in [0.15, 0.2) is 65.6 Å². The van der Waals surface area contributed by atoms with Crippen molar-refractivity contribution in [2.24, 2.45) is 0 Å². The number of carbonyl (C=O) groups excluding carboxylic acids is 1. The molecule has 36 heavy (non-hydrogen) atoms. The number of carbonyl (C=O) groups is 1. The molecule has 0 fully saturated rings. The van der Waals surface area contributed by atoms with Crippen molar-refractivity contribution in [3.63, 3.8) is 0 Å². The van der Waals surface area contributed by atoms with E-state index >= 15 is 0 Å². The van der Waals surface area contributed by atoms with Gasteiger partial charge in [-0.1, -0.05) is 11.6 Å². The summed E-state index contributed by atoms with van der Waals surface area (Å²) in [4.78, 5) is 12.7. The normalized spacial score (nSPS) is 14.0. The molecule has 5 nitrogen and oxygen atoms in total. The third-order valence-electron chi connectivity index (χ3n) is 5.44. The summed E-state index contributed by atoms with van der Waals surface area (Å²) >= 11 is 5.81. The van der Waals surface area contributed by atoms with Gasteiger partial charge < -0.3 is 5.32 Å². The molecule has 3 aromatic rings. The molecule has 4 rings (SSSR count). The Kier molecular flexibility index (Phi) is 6.46. The minimum Gasteiger partial charge on any atom is -0.322 e. The van der Waals surface area contributed by atoms with Crippen molar-refractivity contribution >= 4 is 38.9 Å². The standard InChI is InChI=1S/C23H15ClF6N2O3S/c24-17-2-4-19(5-3-17)36(34,35)32-8-7-13-9-14(1-6-20(13)32)21(33)31-18-11-15(22(25,26)27)10-16(12-18)23(28,29)30/h1-6,9-12H,7-8H2,(H,31,33). The van der Waals surface area contributed by atoms with Crippen LogP contribution < -0.4 is 9.62 Å². The van der Waals surface area contributed by atoms with Crippen molar-refractivity contribution in [2.45, 2.75) is 23.7 Å². The monoisotopic (exact) mass is 548 g/mol. The Hall–Kier alpha value is -3.25. The third kappa shape index (κ3) is 5.14. The van der Waals surface area contributed by atoms with Crippen LogP contribution in [-0.4, -0.2) is 20.9 Å². The summed E-state index contributed by atoms with van der Waals surface area (Å²) in [6.07, 6.45) is -9.88. The first-order valence-corrected chi connectivity index (χ1v) is 12.0. The number of fused-ring (bicyclic) bond motifs is 1. The lowest BCUT2D eigenvalue weighted by Gasteiger charge is -2.20. The van der Waals surface area contributed by atoms with Crippen molar-refractivity contribution in [3.8, 4) is 0 Å². The van der Waals surface area contributed by atoms with Gasteiger partial charge in [0.25, 0.3) is 15.9 Å². The highest BCUT2D eigenvalue weighted by Gasteiger charge is 2.37. The quantitative estimate of drug-likeness (QED) is 0.385. The molecule has 0 saturated heterocycles. The molecule has 3 aromatic carbocycles. The van der Waals surface area contributed by atoms with E-state index in [9.17, 15) is 39.6 Å². The number of anilines is 2. The van der Waals surface area contributed by atoms with Crippen LogP contribution >= 0.6 is 11.6 Å². The van der Waals surface area contributed by atoms with Gasteiger partial charge in [-0.25, -0.2) is 8.42 Å². The van der Waals surface area contributed by atoms with E-state index in [1.54, 1.807) is 0 Å². The second-order valence-electron chi connectivity index (χ2n) is 7.87. The van der Waals surface area contributed by atoms with Crippen molar-refractivity contribution in [1.29, 1.82) is 0 Å². The number of benzene rings is 3. The number of rotatable bonds is 4. The minimum absolute atomic E-state index is 0.00610. The zero-order valence-electron chi connectivity index (χ0n) is 17.9. The van der Waals surface area contributed by atoms with Gasteiger partial charge in [0.15, 0.2) is 0 Å². The molecule has 13 heteroatoms. The SMILES string of the molecule is O=C(Nc1cc(C(F)(F)F)cc(C(F)(F)F)c1)c1ccc2c(c1)CCN2S(=O)(=O)c1ccc(Cl)cc1. The fraction of sp³-hybridized carbons (Fsp3) is 0.174. The predicted octanol–water partition coefficient (Wildman–Crippen LogP) is 6.38. The second-order valence-corrected chi connectivity index (χ2v) is 10.2. The van der Waals surface area contributed by atoms with Crippen LogP contribution in [0.25, 0.3) is 0 Å². The van der Waals surface area contributed by atoms with Crippen LogP contribution in [0.4, 0.5) is 37.7 Å². The fourth-order valence-corrected chi connectivity index (χ4v) is 5.36. The number of amides is 1. The van der Waals surface area contributed by atoms with Crippen LogP contribution in [0.5, 0.6) is 0 Å². The summed E-state index contributed by atoms with van der Waals surface area (Å²) in [5, 5.41) is 2.42. The molecule has 1 aliphatic rings. The molecule has 0 spiro atoms. The molecule has 190 valence electrons. The van der Waals surface area contributed by atoms with Crippen LogP contribution in [0.1, 0.15) is 27.0 Å². The average Bonchev–Trinajstić information content (AvgIpc) is 3.22. The molecule has 0 aromatic heterocycles. The maximum Gasteiger partial charge on any atom is 0.416 e. The molecular weight excluding hydrogens is 534 g/mol. The third-order valence-corrected chi connectivity index (χ3v) is 7.52. The van der Waals surface area contributed by atoms with E-state index in [-0.39, 0.29) is 29.5 Å². The van der Waals surface area contributed by atoms with Crippen molar-refractivity contribution in [2.75, 3.05) is 16.2 Å². The van der Waals surface area contributed by atoms with Gasteiger partial charge in [0, 0.05) is 22.8 Å². The lowest BCUT2D eigenvalue weighted by molar-refractivity contribution is -0.143. The summed E-state index contributed by atoms with van der Waals surface area (Å²) in [6, 6.07) is 10.3. The maximum atomic E-state index is 13.1. The second kappa shape index (κ2) is 9.00. The van der Waals surface area contributed by atoms with Gasteiger partial charge in [-0.3, -0.25) is 9.10 Å². The first-order chi connectivity index (χ1) is 16.7. The number of nitrogens with zero attached hydrogens (tertiary/aromatic N) is 1. The zero-order valence-corrected chi connectivity index (χ0v) is 19.5. The highest BCUT2D eigenvalue weighted by atomic mass is 35.5. The Morgan fingerprint density at radius 3 is 2.00 bits per heavy atom. The van der Waals surface area contributed by atoms with Crippen LogP contribution in [0, 0.1) is 0 Å². The molecule has 1 aliphatic heterocycles.